The number of amides is 1. The van der Waals surface area contributed by atoms with Crippen molar-refractivity contribution >= 4 is 5.91 Å². The van der Waals surface area contributed by atoms with E-state index < -0.39 is 0 Å². The Balaban J connectivity index is 1.48. The molecular weight excluding hydrogens is 388 g/mol. The first-order valence-corrected chi connectivity index (χ1v) is 11.0. The van der Waals surface area contributed by atoms with Crippen LogP contribution in [0.2, 0.25) is 0 Å². The zero-order chi connectivity index (χ0) is 21.6. The average molecular weight is 419 g/mol. The maximum Gasteiger partial charge on any atom is 0.251 e. The Morgan fingerprint density at radius 2 is 1.81 bits per heavy atom. The minimum absolute atomic E-state index is 0.0150. The molecule has 5 nitrogen and oxygen atoms in total. The van der Waals surface area contributed by atoms with E-state index in [4.69, 9.17) is 9.15 Å². The molecule has 0 aliphatic heterocycles. The molecule has 0 saturated heterocycles. The molecule has 0 atom stereocenters. The van der Waals surface area contributed by atoms with Gasteiger partial charge in [-0.3, -0.25) is 9.69 Å². The first kappa shape index (κ1) is 21.2. The Morgan fingerprint density at radius 3 is 2.48 bits per heavy atom. The van der Waals surface area contributed by atoms with Crippen LogP contribution in [0.5, 0.6) is 5.75 Å². The molecule has 1 heterocycles. The molecular formula is C26H30N2O3. The summed E-state index contributed by atoms with van der Waals surface area (Å²) in [5.74, 6) is 1.85. The van der Waals surface area contributed by atoms with Gasteiger partial charge in [0, 0.05) is 30.3 Å². The molecule has 1 fully saturated rings. The van der Waals surface area contributed by atoms with E-state index in [-0.39, 0.29) is 12.0 Å². The van der Waals surface area contributed by atoms with Crippen molar-refractivity contribution in [3.05, 3.63) is 89.4 Å². The molecule has 4 rings (SSSR count). The lowest BCUT2D eigenvalue weighted by Gasteiger charge is -2.23. The molecule has 31 heavy (non-hydrogen) atoms. The molecule has 0 spiro atoms. The fourth-order valence-electron chi connectivity index (χ4n) is 3.55. The SMILES string of the molecule is CC(C)Oc1ccccc1CN(Cc1ccc(C(=O)NC2CC2)cc1)Cc1ccco1. The largest absolute Gasteiger partial charge is 0.491 e. The van der Waals surface area contributed by atoms with Crippen LogP contribution in [0, 0.1) is 0 Å². The molecule has 0 unspecified atom stereocenters. The van der Waals surface area contributed by atoms with E-state index in [1.54, 1.807) is 6.26 Å². The number of rotatable bonds is 10. The number of para-hydroxylation sites is 1. The maximum atomic E-state index is 12.3. The zero-order valence-electron chi connectivity index (χ0n) is 18.2. The van der Waals surface area contributed by atoms with Gasteiger partial charge in [0.15, 0.2) is 0 Å². The van der Waals surface area contributed by atoms with Crippen LogP contribution >= 0.6 is 0 Å². The number of carbonyl (C=O) groups excluding carboxylic acids is 1. The Kier molecular flexibility index (Phi) is 6.73. The Labute approximate surface area is 184 Å². The van der Waals surface area contributed by atoms with Crippen molar-refractivity contribution in [2.45, 2.75) is 58.5 Å². The molecule has 3 aromatic rings. The second-order valence-corrected chi connectivity index (χ2v) is 8.44. The van der Waals surface area contributed by atoms with E-state index in [1.165, 1.54) is 0 Å². The highest BCUT2D eigenvalue weighted by Gasteiger charge is 2.23. The van der Waals surface area contributed by atoms with E-state index in [1.807, 2.05) is 68.4 Å². The number of hydrogen-bond donors (Lipinski definition) is 1. The van der Waals surface area contributed by atoms with E-state index >= 15 is 0 Å². The third kappa shape index (κ3) is 6.22. The molecule has 5 heteroatoms. The predicted octanol–water partition coefficient (Wildman–Crippen LogP) is 5.16. The van der Waals surface area contributed by atoms with Crippen LogP contribution in [0.25, 0.3) is 0 Å². The van der Waals surface area contributed by atoms with Gasteiger partial charge in [-0.25, -0.2) is 0 Å². The standard InChI is InChI=1S/C26H30N2O3/c1-19(2)31-25-8-4-3-6-22(25)17-28(18-24-7-5-15-30-24)16-20-9-11-21(12-10-20)26(29)27-23-13-14-23/h3-12,15,19,23H,13-14,16-18H2,1-2H3,(H,27,29). The van der Waals surface area contributed by atoms with Crippen molar-refractivity contribution in [1.82, 2.24) is 10.2 Å². The van der Waals surface area contributed by atoms with Gasteiger partial charge < -0.3 is 14.5 Å². The number of benzene rings is 2. The topological polar surface area (TPSA) is 54.7 Å². The van der Waals surface area contributed by atoms with Crippen molar-refractivity contribution in [3.8, 4) is 5.75 Å². The highest BCUT2D eigenvalue weighted by molar-refractivity contribution is 5.94. The number of furan rings is 1. The first-order valence-electron chi connectivity index (χ1n) is 11.0. The number of nitrogens with one attached hydrogen (secondary N) is 1. The summed E-state index contributed by atoms with van der Waals surface area (Å²) in [7, 11) is 0. The lowest BCUT2D eigenvalue weighted by atomic mass is 10.1. The van der Waals surface area contributed by atoms with Crippen LogP contribution in [-0.2, 0) is 19.6 Å². The number of carbonyl (C=O) groups is 1. The fraction of sp³-hybridized carbons (Fsp3) is 0.346. The summed E-state index contributed by atoms with van der Waals surface area (Å²) in [6.45, 7) is 6.23. The number of hydrogen-bond acceptors (Lipinski definition) is 4. The van der Waals surface area contributed by atoms with Gasteiger partial charge in [-0.05, 0) is 62.6 Å². The second-order valence-electron chi connectivity index (χ2n) is 8.44. The third-order valence-corrected chi connectivity index (χ3v) is 5.22. The summed E-state index contributed by atoms with van der Waals surface area (Å²) >= 11 is 0. The van der Waals surface area contributed by atoms with Crippen LogP contribution < -0.4 is 10.1 Å². The quantitative estimate of drug-likeness (QED) is 0.494. The summed E-state index contributed by atoms with van der Waals surface area (Å²) in [5.41, 5.74) is 3.00. The van der Waals surface area contributed by atoms with E-state index in [2.05, 4.69) is 16.3 Å². The highest BCUT2D eigenvalue weighted by atomic mass is 16.5. The Morgan fingerprint density at radius 1 is 1.03 bits per heavy atom. The molecule has 0 bridgehead atoms. The van der Waals surface area contributed by atoms with Crippen molar-refractivity contribution in [2.24, 2.45) is 0 Å². The van der Waals surface area contributed by atoms with Crippen LogP contribution in [0.15, 0.2) is 71.3 Å². The maximum absolute atomic E-state index is 12.3. The normalized spacial score (nSPS) is 13.5. The average Bonchev–Trinajstić information content (AvgIpc) is 3.41. The highest BCUT2D eigenvalue weighted by Crippen LogP contribution is 2.24. The van der Waals surface area contributed by atoms with Gasteiger partial charge >= 0.3 is 0 Å². The van der Waals surface area contributed by atoms with Crippen molar-refractivity contribution < 1.29 is 13.9 Å². The van der Waals surface area contributed by atoms with Crippen molar-refractivity contribution in [2.75, 3.05) is 0 Å². The van der Waals surface area contributed by atoms with Crippen molar-refractivity contribution in [1.29, 1.82) is 0 Å². The van der Waals surface area contributed by atoms with E-state index in [0.717, 1.165) is 48.6 Å². The van der Waals surface area contributed by atoms with Gasteiger partial charge in [-0.1, -0.05) is 30.3 Å². The number of nitrogens with zero attached hydrogens (tertiary/aromatic N) is 1. The molecule has 0 radical (unpaired) electrons. The van der Waals surface area contributed by atoms with Gasteiger partial charge in [0.25, 0.3) is 5.91 Å². The van der Waals surface area contributed by atoms with Crippen LogP contribution in [0.4, 0.5) is 0 Å². The smallest absolute Gasteiger partial charge is 0.251 e. The Bertz CT molecular complexity index is 976. The fourth-order valence-corrected chi connectivity index (χ4v) is 3.55. The molecule has 2 aromatic carbocycles. The second kappa shape index (κ2) is 9.84. The zero-order valence-corrected chi connectivity index (χ0v) is 18.2. The molecule has 1 amide bonds. The molecule has 1 aromatic heterocycles. The monoisotopic (exact) mass is 418 g/mol. The van der Waals surface area contributed by atoms with Crippen LogP contribution in [0.1, 0.15) is 53.9 Å². The third-order valence-electron chi connectivity index (χ3n) is 5.22. The van der Waals surface area contributed by atoms with Crippen LogP contribution in [0.3, 0.4) is 0 Å². The van der Waals surface area contributed by atoms with Crippen molar-refractivity contribution in [3.63, 3.8) is 0 Å². The Hall–Kier alpha value is -3.05. The van der Waals surface area contributed by atoms with E-state index in [9.17, 15) is 4.79 Å². The lowest BCUT2D eigenvalue weighted by molar-refractivity contribution is 0.0951. The minimum Gasteiger partial charge on any atom is -0.491 e. The van der Waals surface area contributed by atoms with Gasteiger partial charge in [0.2, 0.25) is 0 Å². The summed E-state index contributed by atoms with van der Waals surface area (Å²) in [4.78, 5) is 14.6. The van der Waals surface area contributed by atoms with E-state index in [0.29, 0.717) is 18.2 Å². The first-order chi connectivity index (χ1) is 15.1. The number of ether oxygens (including phenoxy) is 1. The molecule has 1 aliphatic rings. The van der Waals surface area contributed by atoms with Gasteiger partial charge in [0.1, 0.15) is 11.5 Å². The molecule has 1 saturated carbocycles. The summed E-state index contributed by atoms with van der Waals surface area (Å²) in [6, 6.07) is 20.3. The van der Waals surface area contributed by atoms with Crippen LogP contribution in [-0.4, -0.2) is 23.0 Å². The predicted molar refractivity (Wildman–Crippen MR) is 121 cm³/mol. The van der Waals surface area contributed by atoms with Gasteiger partial charge in [0.05, 0.1) is 18.9 Å². The summed E-state index contributed by atoms with van der Waals surface area (Å²) in [5, 5.41) is 3.04. The lowest BCUT2D eigenvalue weighted by Crippen LogP contribution is -2.25. The summed E-state index contributed by atoms with van der Waals surface area (Å²) < 4.78 is 11.6. The molecule has 1 N–H and O–H groups in total. The summed E-state index contributed by atoms with van der Waals surface area (Å²) in [6.07, 6.45) is 4.01. The van der Waals surface area contributed by atoms with Gasteiger partial charge in [-0.15, -0.1) is 0 Å². The molecule has 1 aliphatic carbocycles. The van der Waals surface area contributed by atoms with Gasteiger partial charge in [-0.2, -0.15) is 0 Å². The minimum atomic E-state index is 0.0150. The molecule has 162 valence electrons.